The molecule has 0 aromatic heterocycles. The van der Waals surface area contributed by atoms with E-state index in [-0.39, 0.29) is 5.95 Å². The maximum Gasteiger partial charge on any atom is 0.348 e. The van der Waals surface area contributed by atoms with Crippen LogP contribution in [0.3, 0.4) is 0 Å². The fourth-order valence-electron chi connectivity index (χ4n) is 0.786. The highest BCUT2D eigenvalue weighted by Gasteiger charge is 2.35. The summed E-state index contributed by atoms with van der Waals surface area (Å²) in [5.41, 5.74) is 0. The van der Waals surface area contributed by atoms with Gasteiger partial charge in [-0.15, -0.1) is 0 Å². The third-order valence-electron chi connectivity index (χ3n) is 1.25. The lowest BCUT2D eigenvalue weighted by Gasteiger charge is -2.03. The number of aliphatic carboxylic acids is 1. The summed E-state index contributed by atoms with van der Waals surface area (Å²) in [6, 6.07) is 0. The number of carbonyl (C=O) groups is 1. The van der Waals surface area contributed by atoms with Crippen molar-refractivity contribution in [3.8, 4) is 0 Å². The van der Waals surface area contributed by atoms with Crippen LogP contribution < -0.4 is 0 Å². The molecule has 2 unspecified atom stereocenters. The second-order valence-corrected chi connectivity index (χ2v) is 2.07. The summed E-state index contributed by atoms with van der Waals surface area (Å²) in [7, 11) is 0. The lowest BCUT2D eigenvalue weighted by molar-refractivity contribution is -0.146. The number of hydrogen-bond acceptors (Lipinski definition) is 3. The molecule has 0 radical (unpaired) electrons. The lowest BCUT2D eigenvalue weighted by atomic mass is 10.2. The first-order valence-electron chi connectivity index (χ1n) is 2.86. The predicted molar refractivity (Wildman–Crippen MR) is 32.2 cm³/mol. The van der Waals surface area contributed by atoms with E-state index < -0.39 is 18.2 Å². The van der Waals surface area contributed by atoms with Gasteiger partial charge in [0.25, 0.3) is 5.95 Å². The van der Waals surface area contributed by atoms with Gasteiger partial charge in [0.15, 0.2) is 0 Å². The van der Waals surface area contributed by atoms with Crippen molar-refractivity contribution in [2.45, 2.75) is 19.1 Å². The van der Waals surface area contributed by atoms with E-state index in [0.29, 0.717) is 0 Å². The van der Waals surface area contributed by atoms with E-state index in [2.05, 4.69) is 6.58 Å². The summed E-state index contributed by atoms with van der Waals surface area (Å²) >= 11 is 0. The van der Waals surface area contributed by atoms with Crippen LogP contribution in [0.4, 0.5) is 0 Å². The van der Waals surface area contributed by atoms with Crippen molar-refractivity contribution in [3.05, 3.63) is 12.5 Å². The molecule has 10 heavy (non-hydrogen) atoms. The molecule has 1 heterocycles. The number of carboxylic acid groups (broad SMARTS) is 1. The normalized spacial score (nSPS) is 31.1. The minimum atomic E-state index is -1.02. The van der Waals surface area contributed by atoms with Crippen LogP contribution in [0.2, 0.25) is 0 Å². The van der Waals surface area contributed by atoms with Gasteiger partial charge < -0.3 is 14.6 Å². The molecule has 1 N–H and O–H groups in total. The smallest absolute Gasteiger partial charge is 0.348 e. The Labute approximate surface area is 58.1 Å². The summed E-state index contributed by atoms with van der Waals surface area (Å²) in [5.74, 6) is -0.939. The molecule has 0 spiro atoms. The average Bonchev–Trinajstić information content (AvgIpc) is 2.10. The summed E-state index contributed by atoms with van der Waals surface area (Å²) < 4.78 is 9.56. The Morgan fingerprint density at radius 2 is 2.30 bits per heavy atom. The summed E-state index contributed by atoms with van der Waals surface area (Å²) in [4.78, 5) is 10.3. The van der Waals surface area contributed by atoms with Crippen LogP contribution in [0.25, 0.3) is 0 Å². The minimum absolute atomic E-state index is 0.0832. The number of carboxylic acids is 1. The van der Waals surface area contributed by atoms with Gasteiger partial charge in [0.2, 0.25) is 6.10 Å². The van der Waals surface area contributed by atoms with Crippen molar-refractivity contribution >= 4 is 5.97 Å². The monoisotopic (exact) mass is 144 g/mol. The summed E-state index contributed by atoms with van der Waals surface area (Å²) in [6.45, 7) is 4.95. The lowest BCUT2D eigenvalue weighted by Crippen LogP contribution is -2.28. The second kappa shape index (κ2) is 2.21. The fraction of sp³-hybridized carbons (Fsp3) is 0.500. The number of hydrogen-bond donors (Lipinski definition) is 1. The molecule has 0 aliphatic carbocycles. The molecule has 2 atom stereocenters. The van der Waals surface area contributed by atoms with Gasteiger partial charge in [-0.2, -0.15) is 0 Å². The first-order chi connectivity index (χ1) is 4.61. The first-order valence-corrected chi connectivity index (χ1v) is 2.86. The predicted octanol–water partition coefficient (Wildman–Crippen LogP) is 0.346. The molecule has 0 bridgehead atoms. The quantitative estimate of drug-likeness (QED) is 0.576. The van der Waals surface area contributed by atoms with Crippen LogP contribution >= 0.6 is 0 Å². The zero-order chi connectivity index (χ0) is 7.72. The van der Waals surface area contributed by atoms with E-state index >= 15 is 0 Å². The molecular weight excluding hydrogens is 136 g/mol. The first kappa shape index (κ1) is 6.92. The van der Waals surface area contributed by atoms with Gasteiger partial charge in [-0.3, -0.25) is 0 Å². The zero-order valence-electron chi connectivity index (χ0n) is 5.53. The van der Waals surface area contributed by atoms with Crippen LogP contribution in [0.15, 0.2) is 12.5 Å². The molecule has 1 aliphatic rings. The zero-order valence-corrected chi connectivity index (χ0v) is 5.53. The molecule has 1 fully saturated rings. The average molecular weight is 144 g/mol. The molecule has 0 amide bonds. The van der Waals surface area contributed by atoms with E-state index in [0.717, 1.165) is 0 Å². The highest BCUT2D eigenvalue weighted by atomic mass is 16.7. The van der Waals surface area contributed by atoms with Crippen LogP contribution in [0.1, 0.15) is 6.92 Å². The third-order valence-corrected chi connectivity index (χ3v) is 1.25. The Morgan fingerprint density at radius 3 is 2.50 bits per heavy atom. The van der Waals surface area contributed by atoms with Gasteiger partial charge in [-0.05, 0) is 13.5 Å². The Hall–Kier alpha value is -1.19. The molecule has 1 rings (SSSR count). The largest absolute Gasteiger partial charge is 0.478 e. The van der Waals surface area contributed by atoms with E-state index in [1.165, 1.54) is 0 Å². The second-order valence-electron chi connectivity index (χ2n) is 2.07. The Bertz CT molecular complexity index is 175. The topological polar surface area (TPSA) is 55.8 Å². The summed E-state index contributed by atoms with van der Waals surface area (Å²) in [5, 5.41) is 8.46. The standard InChI is InChI=1S/C6H8O4/c1-3-5(6(7)8)10-4(2)9-3/h3,5H,2H2,1H3,(H,7,8). The van der Waals surface area contributed by atoms with Gasteiger partial charge >= 0.3 is 5.97 Å². The fourth-order valence-corrected chi connectivity index (χ4v) is 0.786. The summed E-state index contributed by atoms with van der Waals surface area (Å²) in [6.07, 6.45) is -1.34. The van der Waals surface area contributed by atoms with E-state index in [4.69, 9.17) is 14.6 Å². The SMILES string of the molecule is C=C1OC(C)C(C(=O)O)O1. The molecule has 56 valence electrons. The van der Waals surface area contributed by atoms with Crippen molar-refractivity contribution in [2.24, 2.45) is 0 Å². The molecule has 0 aromatic carbocycles. The molecule has 1 aliphatic heterocycles. The minimum Gasteiger partial charge on any atom is -0.478 e. The van der Waals surface area contributed by atoms with Crippen LogP contribution in [-0.2, 0) is 14.3 Å². The van der Waals surface area contributed by atoms with Gasteiger partial charge in [0.1, 0.15) is 6.10 Å². The van der Waals surface area contributed by atoms with Gasteiger partial charge in [0.05, 0.1) is 0 Å². The molecular formula is C6H8O4. The van der Waals surface area contributed by atoms with Crippen LogP contribution in [-0.4, -0.2) is 23.3 Å². The van der Waals surface area contributed by atoms with Gasteiger partial charge in [-0.25, -0.2) is 4.79 Å². The Balaban J connectivity index is 2.63. The van der Waals surface area contributed by atoms with Crippen molar-refractivity contribution < 1.29 is 19.4 Å². The van der Waals surface area contributed by atoms with Crippen molar-refractivity contribution in [2.75, 3.05) is 0 Å². The van der Waals surface area contributed by atoms with Crippen LogP contribution in [0.5, 0.6) is 0 Å². The van der Waals surface area contributed by atoms with Gasteiger partial charge in [-0.1, -0.05) is 0 Å². The molecule has 4 nitrogen and oxygen atoms in total. The molecule has 0 aromatic rings. The third kappa shape index (κ3) is 1.05. The number of ether oxygens (including phenoxy) is 2. The van der Waals surface area contributed by atoms with Crippen molar-refractivity contribution in [3.63, 3.8) is 0 Å². The molecule has 0 saturated carbocycles. The van der Waals surface area contributed by atoms with Crippen LogP contribution in [0, 0.1) is 0 Å². The molecule has 1 saturated heterocycles. The van der Waals surface area contributed by atoms with Crippen molar-refractivity contribution in [1.29, 1.82) is 0 Å². The Morgan fingerprint density at radius 1 is 1.70 bits per heavy atom. The van der Waals surface area contributed by atoms with E-state index in [9.17, 15) is 4.79 Å². The van der Waals surface area contributed by atoms with Gasteiger partial charge in [0, 0.05) is 0 Å². The maximum atomic E-state index is 10.3. The maximum absolute atomic E-state index is 10.3. The van der Waals surface area contributed by atoms with E-state index in [1.807, 2.05) is 0 Å². The highest BCUT2D eigenvalue weighted by Crippen LogP contribution is 2.19. The van der Waals surface area contributed by atoms with E-state index in [1.54, 1.807) is 6.92 Å². The molecule has 4 heteroatoms. The Kier molecular flexibility index (Phi) is 1.53. The highest BCUT2D eigenvalue weighted by molar-refractivity contribution is 5.73. The number of rotatable bonds is 1. The van der Waals surface area contributed by atoms with Crippen molar-refractivity contribution in [1.82, 2.24) is 0 Å².